The molecule has 1 heterocycles. The van der Waals surface area contributed by atoms with Gasteiger partial charge in [0, 0.05) is 13.1 Å². The summed E-state index contributed by atoms with van der Waals surface area (Å²) in [6, 6.07) is 0. The normalized spacial score (nSPS) is 9.90. The molecule has 0 radical (unpaired) electrons. The van der Waals surface area contributed by atoms with E-state index in [1.54, 1.807) is 13.0 Å². The van der Waals surface area contributed by atoms with E-state index in [1.807, 2.05) is 6.92 Å². The largest absolute Gasteiger partial charge is 0.462 e. The molecule has 1 rings (SSSR count). The number of esters is 1. The topological polar surface area (TPSA) is 93.5 Å². The Balaban J connectivity index is 3.15. The lowest BCUT2D eigenvalue weighted by atomic mass is 10.2. The molecule has 7 heteroatoms. The monoisotopic (exact) mass is 297 g/mol. The number of nitrogens with one attached hydrogen (secondary N) is 2. The van der Waals surface area contributed by atoms with E-state index < -0.39 is 5.97 Å². The average Bonchev–Trinajstić information content (AvgIpc) is 2.74. The predicted molar refractivity (Wildman–Crippen MR) is 81.4 cm³/mol. The zero-order valence-corrected chi connectivity index (χ0v) is 12.4. The van der Waals surface area contributed by atoms with Gasteiger partial charge in [0.2, 0.25) is 0 Å². The molecule has 0 fully saturated rings. The molecule has 6 nitrogen and oxygen atoms in total. The lowest BCUT2D eigenvalue weighted by Crippen LogP contribution is -2.23. The Labute approximate surface area is 122 Å². The van der Waals surface area contributed by atoms with Crippen LogP contribution in [0.3, 0.4) is 0 Å². The van der Waals surface area contributed by atoms with Crippen LogP contribution < -0.4 is 16.4 Å². The zero-order valence-electron chi connectivity index (χ0n) is 11.6. The van der Waals surface area contributed by atoms with Gasteiger partial charge in [0.25, 0.3) is 5.91 Å². The number of hydrogen-bond acceptors (Lipinski definition) is 6. The van der Waals surface area contributed by atoms with Crippen LogP contribution in [0.15, 0.2) is 12.7 Å². The number of rotatable bonds is 7. The fourth-order valence-corrected chi connectivity index (χ4v) is 2.64. The highest BCUT2D eigenvalue weighted by Crippen LogP contribution is 2.36. The van der Waals surface area contributed by atoms with Gasteiger partial charge in [-0.1, -0.05) is 6.08 Å². The van der Waals surface area contributed by atoms with E-state index in [2.05, 4.69) is 17.2 Å². The first kappa shape index (κ1) is 16.0. The Morgan fingerprint density at radius 3 is 2.70 bits per heavy atom. The first-order valence-electron chi connectivity index (χ1n) is 6.29. The fraction of sp³-hybridized carbons (Fsp3) is 0.385. The van der Waals surface area contributed by atoms with Gasteiger partial charge in [-0.25, -0.2) is 4.79 Å². The molecule has 110 valence electrons. The van der Waals surface area contributed by atoms with E-state index >= 15 is 0 Å². The van der Waals surface area contributed by atoms with E-state index in [0.29, 0.717) is 23.0 Å². The molecule has 0 unspecified atom stereocenters. The van der Waals surface area contributed by atoms with Crippen molar-refractivity contribution in [1.29, 1.82) is 0 Å². The highest BCUT2D eigenvalue weighted by atomic mass is 32.1. The molecule has 4 N–H and O–H groups in total. The van der Waals surface area contributed by atoms with Gasteiger partial charge in [0.05, 0.1) is 12.3 Å². The van der Waals surface area contributed by atoms with Gasteiger partial charge in [-0.15, -0.1) is 17.9 Å². The van der Waals surface area contributed by atoms with Crippen molar-refractivity contribution in [1.82, 2.24) is 5.32 Å². The molecule has 0 spiro atoms. The van der Waals surface area contributed by atoms with Gasteiger partial charge in [-0.05, 0) is 13.8 Å². The molecule has 0 aliphatic heterocycles. The van der Waals surface area contributed by atoms with Crippen LogP contribution in [0.2, 0.25) is 0 Å². The Kier molecular flexibility index (Phi) is 6.05. The van der Waals surface area contributed by atoms with Crippen molar-refractivity contribution in [2.75, 3.05) is 30.7 Å². The summed E-state index contributed by atoms with van der Waals surface area (Å²) >= 11 is 1.14. The summed E-state index contributed by atoms with van der Waals surface area (Å²) in [6.07, 6.45) is 1.57. The lowest BCUT2D eigenvalue weighted by molar-refractivity contribution is 0.0529. The van der Waals surface area contributed by atoms with Crippen LogP contribution in [-0.2, 0) is 4.74 Å². The van der Waals surface area contributed by atoms with Crippen molar-refractivity contribution in [2.24, 2.45) is 0 Å². The number of nitrogen functional groups attached to an aromatic ring is 1. The quantitative estimate of drug-likeness (QED) is 0.527. The molecule has 0 atom stereocenters. The minimum Gasteiger partial charge on any atom is -0.462 e. The summed E-state index contributed by atoms with van der Waals surface area (Å²) in [7, 11) is 0. The van der Waals surface area contributed by atoms with Crippen molar-refractivity contribution >= 4 is 33.9 Å². The van der Waals surface area contributed by atoms with Crippen LogP contribution in [0.4, 0.5) is 10.7 Å². The first-order valence-corrected chi connectivity index (χ1v) is 7.10. The molecular weight excluding hydrogens is 278 g/mol. The number of carbonyl (C=O) groups is 2. The summed E-state index contributed by atoms with van der Waals surface area (Å²) in [5.41, 5.74) is 6.29. The van der Waals surface area contributed by atoms with Crippen molar-refractivity contribution in [3.63, 3.8) is 0 Å². The third-order valence-corrected chi connectivity index (χ3v) is 3.54. The van der Waals surface area contributed by atoms with Crippen molar-refractivity contribution in [3.05, 3.63) is 23.1 Å². The minimum absolute atomic E-state index is 0.144. The van der Waals surface area contributed by atoms with E-state index in [0.717, 1.165) is 11.3 Å². The number of thiophene rings is 1. The molecule has 20 heavy (non-hydrogen) atoms. The molecule has 0 aliphatic carbocycles. The number of nitrogens with two attached hydrogens (primary N) is 1. The summed E-state index contributed by atoms with van der Waals surface area (Å²) in [5, 5.41) is 6.21. The number of anilines is 2. The van der Waals surface area contributed by atoms with Crippen LogP contribution in [-0.4, -0.2) is 31.6 Å². The Hall–Kier alpha value is -2.02. The SMILES string of the molecule is C=CCNC(=O)c1sc(NCC)c(C(=O)OCC)c1N. The molecule has 0 saturated heterocycles. The predicted octanol–water partition coefficient (Wildman–Crippen LogP) is 1.85. The van der Waals surface area contributed by atoms with Gasteiger partial charge >= 0.3 is 5.97 Å². The van der Waals surface area contributed by atoms with Gasteiger partial charge in [-0.2, -0.15) is 0 Å². The number of amides is 1. The molecule has 0 aromatic carbocycles. The van der Waals surface area contributed by atoms with Crippen molar-refractivity contribution in [2.45, 2.75) is 13.8 Å². The number of hydrogen-bond donors (Lipinski definition) is 3. The highest BCUT2D eigenvalue weighted by molar-refractivity contribution is 7.19. The molecule has 1 aromatic heterocycles. The van der Waals surface area contributed by atoms with Crippen LogP contribution in [0, 0.1) is 0 Å². The van der Waals surface area contributed by atoms with Crippen molar-refractivity contribution in [3.8, 4) is 0 Å². The highest BCUT2D eigenvalue weighted by Gasteiger charge is 2.25. The van der Waals surface area contributed by atoms with Gasteiger partial charge in [0.1, 0.15) is 15.4 Å². The van der Waals surface area contributed by atoms with E-state index in [4.69, 9.17) is 10.5 Å². The minimum atomic E-state index is -0.528. The molecule has 0 bridgehead atoms. The maximum atomic E-state index is 12.0. The fourth-order valence-electron chi connectivity index (χ4n) is 1.55. The summed E-state index contributed by atoms with van der Waals surface area (Å²) in [6.45, 7) is 8.32. The summed E-state index contributed by atoms with van der Waals surface area (Å²) in [5.74, 6) is -0.859. The van der Waals surface area contributed by atoms with E-state index in [9.17, 15) is 9.59 Å². The smallest absolute Gasteiger partial charge is 0.343 e. The van der Waals surface area contributed by atoms with E-state index in [1.165, 1.54) is 0 Å². The third-order valence-electron chi connectivity index (χ3n) is 2.38. The molecule has 0 saturated carbocycles. The molecule has 1 aromatic rings. The second-order valence-electron chi connectivity index (χ2n) is 3.80. The van der Waals surface area contributed by atoms with Crippen LogP contribution in [0.1, 0.15) is 33.9 Å². The van der Waals surface area contributed by atoms with Crippen LogP contribution in [0.5, 0.6) is 0 Å². The number of carbonyl (C=O) groups excluding carboxylic acids is 2. The lowest BCUT2D eigenvalue weighted by Gasteiger charge is -2.05. The summed E-state index contributed by atoms with van der Waals surface area (Å²) in [4.78, 5) is 24.2. The molecule has 0 aliphatic rings. The summed E-state index contributed by atoms with van der Waals surface area (Å²) < 4.78 is 4.97. The van der Waals surface area contributed by atoms with E-state index in [-0.39, 0.29) is 23.8 Å². The average molecular weight is 297 g/mol. The molecular formula is C13H19N3O3S. The van der Waals surface area contributed by atoms with Gasteiger partial charge < -0.3 is 21.1 Å². The Morgan fingerprint density at radius 2 is 2.15 bits per heavy atom. The second-order valence-corrected chi connectivity index (χ2v) is 4.82. The Morgan fingerprint density at radius 1 is 1.45 bits per heavy atom. The maximum absolute atomic E-state index is 12.0. The van der Waals surface area contributed by atoms with Gasteiger partial charge in [0.15, 0.2) is 0 Å². The van der Waals surface area contributed by atoms with Gasteiger partial charge in [-0.3, -0.25) is 4.79 Å². The molecule has 1 amide bonds. The first-order chi connectivity index (χ1) is 9.56. The van der Waals surface area contributed by atoms with Crippen LogP contribution in [0.25, 0.3) is 0 Å². The Bertz CT molecular complexity index is 511. The maximum Gasteiger partial charge on any atom is 0.343 e. The second kappa shape index (κ2) is 7.54. The van der Waals surface area contributed by atoms with Crippen molar-refractivity contribution < 1.29 is 14.3 Å². The van der Waals surface area contributed by atoms with Crippen LogP contribution >= 0.6 is 11.3 Å². The zero-order chi connectivity index (χ0) is 15.1. The third kappa shape index (κ3) is 3.51. The number of ether oxygens (including phenoxy) is 1. The standard InChI is InChI=1S/C13H19N3O3S/c1-4-7-16-11(17)10-9(14)8(13(18)19-6-3)12(20-10)15-5-2/h4,15H,1,5-7,14H2,2-3H3,(H,16,17).